The molecular formula is C20H21N3O4. The smallest absolute Gasteiger partial charge is 0.411 e. The summed E-state index contributed by atoms with van der Waals surface area (Å²) < 4.78 is 4.80. The van der Waals surface area contributed by atoms with Crippen LogP contribution in [0.5, 0.6) is 0 Å². The monoisotopic (exact) mass is 367 g/mol. The molecule has 2 N–H and O–H groups in total. The molecular weight excluding hydrogens is 346 g/mol. The summed E-state index contributed by atoms with van der Waals surface area (Å²) in [5, 5.41) is 5.38. The standard InChI is InChI=1S/C20H21N3O4/c1-2-27-20(26)22-16-7-5-14(6-8-16)19(25)21-15-9-11-17(12-10-15)23-13-3-4-18(23)24/h5-12H,2-4,13H2,1H3,(H,21,25)(H,22,26). The van der Waals surface area contributed by atoms with Crippen LogP contribution in [0.15, 0.2) is 48.5 Å². The van der Waals surface area contributed by atoms with Gasteiger partial charge in [0.2, 0.25) is 5.91 Å². The Hall–Kier alpha value is -3.35. The fourth-order valence-electron chi connectivity index (χ4n) is 2.84. The van der Waals surface area contributed by atoms with E-state index in [1.54, 1.807) is 48.2 Å². The minimum atomic E-state index is -0.536. The quantitative estimate of drug-likeness (QED) is 0.845. The predicted molar refractivity (Wildman–Crippen MR) is 103 cm³/mol. The number of hydrogen-bond donors (Lipinski definition) is 2. The van der Waals surface area contributed by atoms with E-state index in [1.807, 2.05) is 12.1 Å². The fraction of sp³-hybridized carbons (Fsp3) is 0.250. The maximum Gasteiger partial charge on any atom is 0.411 e. The number of benzene rings is 2. The van der Waals surface area contributed by atoms with Crippen LogP contribution in [0.2, 0.25) is 0 Å². The maximum absolute atomic E-state index is 12.4. The summed E-state index contributed by atoms with van der Waals surface area (Å²) >= 11 is 0. The highest BCUT2D eigenvalue weighted by Gasteiger charge is 2.21. The number of ether oxygens (including phenoxy) is 1. The van der Waals surface area contributed by atoms with E-state index in [1.165, 1.54) is 0 Å². The summed E-state index contributed by atoms with van der Waals surface area (Å²) in [6.45, 7) is 2.75. The molecule has 0 spiro atoms. The van der Waals surface area contributed by atoms with Crippen molar-refractivity contribution in [3.63, 3.8) is 0 Å². The van der Waals surface area contributed by atoms with Gasteiger partial charge < -0.3 is 15.0 Å². The first-order chi connectivity index (χ1) is 13.1. The molecule has 7 nitrogen and oxygen atoms in total. The molecule has 2 aromatic carbocycles. The molecule has 27 heavy (non-hydrogen) atoms. The molecule has 1 heterocycles. The fourth-order valence-corrected chi connectivity index (χ4v) is 2.84. The van der Waals surface area contributed by atoms with E-state index >= 15 is 0 Å². The van der Waals surface area contributed by atoms with Gasteiger partial charge in [0, 0.05) is 35.6 Å². The molecule has 1 aliphatic rings. The molecule has 0 radical (unpaired) electrons. The van der Waals surface area contributed by atoms with Gasteiger partial charge >= 0.3 is 6.09 Å². The summed E-state index contributed by atoms with van der Waals surface area (Å²) in [6, 6.07) is 13.7. The summed E-state index contributed by atoms with van der Waals surface area (Å²) in [5.74, 6) is -0.133. The van der Waals surface area contributed by atoms with Crippen molar-refractivity contribution in [3.05, 3.63) is 54.1 Å². The lowest BCUT2D eigenvalue weighted by atomic mass is 10.2. The molecule has 0 bridgehead atoms. The van der Waals surface area contributed by atoms with Crippen molar-refractivity contribution in [2.75, 3.05) is 28.7 Å². The van der Waals surface area contributed by atoms with E-state index in [4.69, 9.17) is 4.74 Å². The third kappa shape index (κ3) is 4.63. The van der Waals surface area contributed by atoms with Crippen LogP contribution in [0.4, 0.5) is 21.9 Å². The van der Waals surface area contributed by atoms with E-state index in [-0.39, 0.29) is 18.4 Å². The molecule has 1 aliphatic heterocycles. The minimum Gasteiger partial charge on any atom is -0.450 e. The molecule has 0 aliphatic carbocycles. The van der Waals surface area contributed by atoms with Gasteiger partial charge in [-0.1, -0.05) is 0 Å². The van der Waals surface area contributed by atoms with E-state index in [2.05, 4.69) is 10.6 Å². The van der Waals surface area contributed by atoms with Crippen molar-refractivity contribution in [1.82, 2.24) is 0 Å². The summed E-state index contributed by atoms with van der Waals surface area (Å²) in [5.41, 5.74) is 2.49. The Balaban J connectivity index is 1.60. The van der Waals surface area contributed by atoms with Gasteiger partial charge in [0.25, 0.3) is 5.91 Å². The Kier molecular flexibility index (Phi) is 5.71. The van der Waals surface area contributed by atoms with E-state index in [0.29, 0.717) is 23.4 Å². The van der Waals surface area contributed by atoms with E-state index in [0.717, 1.165) is 18.7 Å². The highest BCUT2D eigenvalue weighted by molar-refractivity contribution is 6.04. The minimum absolute atomic E-state index is 0.128. The largest absolute Gasteiger partial charge is 0.450 e. The van der Waals surface area contributed by atoms with Gasteiger partial charge in [0.1, 0.15) is 0 Å². The lowest BCUT2D eigenvalue weighted by molar-refractivity contribution is -0.117. The van der Waals surface area contributed by atoms with Crippen molar-refractivity contribution in [2.24, 2.45) is 0 Å². The van der Waals surface area contributed by atoms with E-state index < -0.39 is 6.09 Å². The maximum atomic E-state index is 12.4. The van der Waals surface area contributed by atoms with Gasteiger partial charge in [-0.25, -0.2) is 4.79 Å². The number of carbonyl (C=O) groups is 3. The molecule has 0 aromatic heterocycles. The number of nitrogens with zero attached hydrogens (tertiary/aromatic N) is 1. The van der Waals surface area contributed by atoms with Crippen molar-refractivity contribution in [3.8, 4) is 0 Å². The van der Waals surface area contributed by atoms with Crippen LogP contribution in [-0.4, -0.2) is 31.1 Å². The number of anilines is 3. The average Bonchev–Trinajstić information content (AvgIpc) is 3.09. The first-order valence-electron chi connectivity index (χ1n) is 8.82. The molecule has 7 heteroatoms. The van der Waals surface area contributed by atoms with Gasteiger partial charge in [0.15, 0.2) is 0 Å². The zero-order chi connectivity index (χ0) is 19.2. The van der Waals surface area contributed by atoms with Crippen LogP contribution in [-0.2, 0) is 9.53 Å². The van der Waals surface area contributed by atoms with Crippen LogP contribution >= 0.6 is 0 Å². The molecule has 3 amide bonds. The summed E-state index contributed by atoms with van der Waals surface area (Å²) in [7, 11) is 0. The third-order valence-corrected chi connectivity index (χ3v) is 4.18. The summed E-state index contributed by atoms with van der Waals surface area (Å²) in [6.07, 6.45) is 0.920. The van der Waals surface area contributed by atoms with Crippen LogP contribution in [0, 0.1) is 0 Å². The number of amides is 3. The van der Waals surface area contributed by atoms with Gasteiger partial charge in [0.05, 0.1) is 6.61 Å². The second-order valence-corrected chi connectivity index (χ2v) is 6.07. The molecule has 1 fully saturated rings. The molecule has 2 aromatic rings. The number of nitrogens with one attached hydrogen (secondary N) is 2. The van der Waals surface area contributed by atoms with Gasteiger partial charge in [-0.05, 0) is 61.9 Å². The normalized spacial score (nSPS) is 13.4. The van der Waals surface area contributed by atoms with Gasteiger partial charge in [-0.3, -0.25) is 14.9 Å². The second kappa shape index (κ2) is 8.35. The number of hydrogen-bond acceptors (Lipinski definition) is 4. The number of carbonyl (C=O) groups excluding carboxylic acids is 3. The zero-order valence-corrected chi connectivity index (χ0v) is 15.0. The molecule has 1 saturated heterocycles. The highest BCUT2D eigenvalue weighted by atomic mass is 16.5. The van der Waals surface area contributed by atoms with Crippen LogP contribution in [0.25, 0.3) is 0 Å². The van der Waals surface area contributed by atoms with Gasteiger partial charge in [-0.15, -0.1) is 0 Å². The third-order valence-electron chi connectivity index (χ3n) is 4.18. The Morgan fingerprint density at radius 3 is 2.22 bits per heavy atom. The first-order valence-corrected chi connectivity index (χ1v) is 8.82. The predicted octanol–water partition coefficient (Wildman–Crippen LogP) is 3.63. The van der Waals surface area contributed by atoms with Crippen LogP contribution in [0.1, 0.15) is 30.1 Å². The lowest BCUT2D eigenvalue weighted by Crippen LogP contribution is -2.23. The second-order valence-electron chi connectivity index (χ2n) is 6.07. The molecule has 3 rings (SSSR count). The Morgan fingerprint density at radius 2 is 1.63 bits per heavy atom. The van der Waals surface area contributed by atoms with Crippen LogP contribution < -0.4 is 15.5 Å². The Labute approximate surface area is 157 Å². The summed E-state index contributed by atoms with van der Waals surface area (Å²) in [4.78, 5) is 37.3. The van der Waals surface area contributed by atoms with Gasteiger partial charge in [-0.2, -0.15) is 0 Å². The number of rotatable bonds is 5. The average molecular weight is 367 g/mol. The molecule has 0 saturated carbocycles. The zero-order valence-electron chi connectivity index (χ0n) is 15.0. The van der Waals surface area contributed by atoms with E-state index in [9.17, 15) is 14.4 Å². The topological polar surface area (TPSA) is 87.7 Å². The lowest BCUT2D eigenvalue weighted by Gasteiger charge is -2.16. The molecule has 0 unspecified atom stereocenters. The molecule has 140 valence electrons. The first kappa shape index (κ1) is 18.4. The van der Waals surface area contributed by atoms with Crippen molar-refractivity contribution in [1.29, 1.82) is 0 Å². The Bertz CT molecular complexity index is 831. The Morgan fingerprint density at radius 1 is 1.00 bits per heavy atom. The van der Waals surface area contributed by atoms with Crippen LogP contribution in [0.3, 0.4) is 0 Å². The SMILES string of the molecule is CCOC(=O)Nc1ccc(C(=O)Nc2ccc(N3CCCC3=O)cc2)cc1. The highest BCUT2D eigenvalue weighted by Crippen LogP contribution is 2.23. The molecule has 0 atom stereocenters. The van der Waals surface area contributed by atoms with Crippen molar-refractivity contribution < 1.29 is 19.1 Å². The van der Waals surface area contributed by atoms with Crippen molar-refractivity contribution >= 4 is 35.0 Å². The van der Waals surface area contributed by atoms with Crippen molar-refractivity contribution in [2.45, 2.75) is 19.8 Å².